The van der Waals surface area contributed by atoms with Crippen LogP contribution in [0.2, 0.25) is 10.0 Å². The minimum atomic E-state index is -0.233. The molecule has 1 saturated heterocycles. The van der Waals surface area contributed by atoms with Gasteiger partial charge in [-0.25, -0.2) is 0 Å². The summed E-state index contributed by atoms with van der Waals surface area (Å²) in [6.45, 7) is 1.59. The zero-order valence-electron chi connectivity index (χ0n) is 14.5. The fraction of sp³-hybridized carbons (Fsp3) is 0.316. The Morgan fingerprint density at radius 1 is 1.23 bits per heavy atom. The topological polar surface area (TPSA) is 58.4 Å². The molecule has 3 rings (SSSR count). The maximum absolute atomic E-state index is 12.3. The van der Waals surface area contributed by atoms with Crippen LogP contribution in [0.25, 0.3) is 0 Å². The zero-order chi connectivity index (χ0) is 18.0. The van der Waals surface area contributed by atoms with Gasteiger partial charge in [0, 0.05) is 18.2 Å². The molecule has 1 amide bonds. The molecule has 3 N–H and O–H groups in total. The molecule has 1 heterocycles. The average molecular weight is 415 g/mol. The summed E-state index contributed by atoms with van der Waals surface area (Å²) in [6, 6.07) is 12.0. The molecule has 0 spiro atoms. The van der Waals surface area contributed by atoms with Crippen molar-refractivity contribution in [2.45, 2.75) is 25.4 Å². The molecule has 2 aromatic carbocycles. The Hall–Kier alpha value is -1.46. The van der Waals surface area contributed by atoms with E-state index in [0.29, 0.717) is 18.2 Å². The third-order valence-electron chi connectivity index (χ3n) is 4.68. The van der Waals surface area contributed by atoms with E-state index in [9.17, 15) is 4.79 Å². The summed E-state index contributed by atoms with van der Waals surface area (Å²) in [5.41, 5.74) is 8.75. The third-order valence-corrected chi connectivity index (χ3v) is 5.30. The number of benzene rings is 2. The van der Waals surface area contributed by atoms with Crippen LogP contribution in [0.4, 0.5) is 5.69 Å². The Kier molecular flexibility index (Phi) is 7.18. The molecule has 2 aromatic rings. The van der Waals surface area contributed by atoms with E-state index in [0.717, 1.165) is 12.1 Å². The standard InChI is InChI=1S/C19H21Cl2N3O.ClH/c1-24-8-2-3-17(24)13-6-4-12(5-7-13)11-23-19(25)14-9-15(20)18(22)16(21)10-14;/h4-7,9-10,17H,2-3,8,11,22H2,1H3,(H,23,25);1H. The first-order chi connectivity index (χ1) is 12.0. The Labute approximate surface area is 170 Å². The van der Waals surface area contributed by atoms with Gasteiger partial charge >= 0.3 is 0 Å². The van der Waals surface area contributed by atoms with E-state index in [2.05, 4.69) is 41.5 Å². The second kappa shape index (κ2) is 8.96. The van der Waals surface area contributed by atoms with Crippen molar-refractivity contribution < 1.29 is 4.79 Å². The van der Waals surface area contributed by atoms with Gasteiger partial charge in [-0.15, -0.1) is 12.4 Å². The summed E-state index contributed by atoms with van der Waals surface area (Å²) in [5, 5.41) is 3.44. The maximum Gasteiger partial charge on any atom is 0.251 e. The molecule has 1 unspecified atom stereocenters. The summed E-state index contributed by atoms with van der Waals surface area (Å²) in [6.07, 6.45) is 2.44. The normalized spacial score (nSPS) is 17.0. The van der Waals surface area contributed by atoms with E-state index in [1.165, 1.54) is 30.5 Å². The second-order valence-corrected chi connectivity index (χ2v) is 7.23. The molecule has 1 aliphatic rings. The molecule has 1 atom stereocenters. The number of halogens is 3. The number of hydrogen-bond acceptors (Lipinski definition) is 3. The van der Waals surface area contributed by atoms with Crippen molar-refractivity contribution in [3.8, 4) is 0 Å². The number of nitrogens with two attached hydrogens (primary N) is 1. The highest BCUT2D eigenvalue weighted by Gasteiger charge is 2.22. The van der Waals surface area contributed by atoms with Gasteiger partial charge in [0.25, 0.3) is 5.91 Å². The Bertz CT molecular complexity index is 757. The molecule has 0 aromatic heterocycles. The molecule has 0 saturated carbocycles. The van der Waals surface area contributed by atoms with Crippen LogP contribution in [-0.2, 0) is 6.54 Å². The van der Waals surface area contributed by atoms with Gasteiger partial charge in [-0.05, 0) is 49.7 Å². The Morgan fingerprint density at radius 3 is 2.38 bits per heavy atom. The van der Waals surface area contributed by atoms with Crippen LogP contribution >= 0.6 is 35.6 Å². The fourth-order valence-electron chi connectivity index (χ4n) is 3.19. The van der Waals surface area contributed by atoms with E-state index in [1.807, 2.05) is 0 Å². The van der Waals surface area contributed by atoms with Crippen molar-refractivity contribution in [2.75, 3.05) is 19.3 Å². The van der Waals surface area contributed by atoms with Gasteiger partial charge in [0.1, 0.15) is 0 Å². The lowest BCUT2D eigenvalue weighted by Crippen LogP contribution is -2.23. The first-order valence-corrected chi connectivity index (χ1v) is 9.03. The van der Waals surface area contributed by atoms with Crippen LogP contribution in [0.1, 0.15) is 40.4 Å². The number of nitrogens with one attached hydrogen (secondary N) is 1. The lowest BCUT2D eigenvalue weighted by atomic mass is 10.0. The van der Waals surface area contributed by atoms with Gasteiger partial charge in [-0.1, -0.05) is 47.5 Å². The van der Waals surface area contributed by atoms with Gasteiger partial charge in [0.2, 0.25) is 0 Å². The van der Waals surface area contributed by atoms with E-state index >= 15 is 0 Å². The molecule has 0 aliphatic carbocycles. The van der Waals surface area contributed by atoms with Crippen LogP contribution in [0.3, 0.4) is 0 Å². The molecule has 0 bridgehead atoms. The molecule has 7 heteroatoms. The minimum absolute atomic E-state index is 0. The number of rotatable bonds is 4. The van der Waals surface area contributed by atoms with Crippen molar-refractivity contribution in [2.24, 2.45) is 0 Å². The smallest absolute Gasteiger partial charge is 0.251 e. The van der Waals surface area contributed by atoms with Crippen LogP contribution in [0, 0.1) is 0 Å². The number of nitrogens with zero attached hydrogens (tertiary/aromatic N) is 1. The quantitative estimate of drug-likeness (QED) is 0.713. The number of hydrogen-bond donors (Lipinski definition) is 2. The average Bonchev–Trinajstić information content (AvgIpc) is 3.03. The monoisotopic (exact) mass is 413 g/mol. The van der Waals surface area contributed by atoms with Crippen LogP contribution < -0.4 is 11.1 Å². The number of anilines is 1. The van der Waals surface area contributed by atoms with Crippen LogP contribution in [-0.4, -0.2) is 24.4 Å². The van der Waals surface area contributed by atoms with Crippen LogP contribution in [0.5, 0.6) is 0 Å². The van der Waals surface area contributed by atoms with Crippen molar-refractivity contribution in [3.05, 3.63) is 63.1 Å². The highest BCUT2D eigenvalue weighted by Crippen LogP contribution is 2.30. The molecular weight excluding hydrogens is 393 g/mol. The number of likely N-dealkylation sites (tertiary alicyclic amines) is 1. The van der Waals surface area contributed by atoms with Gasteiger partial charge < -0.3 is 11.1 Å². The number of carbonyl (C=O) groups excluding carboxylic acids is 1. The molecule has 140 valence electrons. The summed E-state index contributed by atoms with van der Waals surface area (Å²) in [5.74, 6) is -0.233. The second-order valence-electron chi connectivity index (χ2n) is 6.42. The molecule has 1 aliphatic heterocycles. The molecule has 1 fully saturated rings. The Balaban J connectivity index is 0.00000243. The SMILES string of the molecule is CN1CCCC1c1ccc(CNC(=O)c2cc(Cl)c(N)c(Cl)c2)cc1.Cl. The summed E-state index contributed by atoms with van der Waals surface area (Å²) < 4.78 is 0. The predicted molar refractivity (Wildman–Crippen MR) is 110 cm³/mol. The molecule has 4 nitrogen and oxygen atoms in total. The first kappa shape index (κ1) is 20.8. The molecule has 0 radical (unpaired) electrons. The van der Waals surface area contributed by atoms with Crippen molar-refractivity contribution in [3.63, 3.8) is 0 Å². The van der Waals surface area contributed by atoms with Crippen LogP contribution in [0.15, 0.2) is 36.4 Å². The summed E-state index contributed by atoms with van der Waals surface area (Å²) in [4.78, 5) is 14.7. The lowest BCUT2D eigenvalue weighted by Gasteiger charge is -2.20. The van der Waals surface area contributed by atoms with E-state index in [-0.39, 0.29) is 34.0 Å². The first-order valence-electron chi connectivity index (χ1n) is 8.27. The summed E-state index contributed by atoms with van der Waals surface area (Å²) in [7, 11) is 2.16. The van der Waals surface area contributed by atoms with Gasteiger partial charge in [-0.2, -0.15) is 0 Å². The molecular formula is C19H22Cl3N3O. The van der Waals surface area contributed by atoms with Gasteiger partial charge in [0.05, 0.1) is 15.7 Å². The fourth-order valence-corrected chi connectivity index (χ4v) is 3.68. The van der Waals surface area contributed by atoms with Crippen molar-refractivity contribution in [1.29, 1.82) is 0 Å². The minimum Gasteiger partial charge on any atom is -0.396 e. The molecule has 26 heavy (non-hydrogen) atoms. The number of nitrogen functional groups attached to an aromatic ring is 1. The van der Waals surface area contributed by atoms with E-state index in [4.69, 9.17) is 28.9 Å². The number of carbonyl (C=O) groups is 1. The predicted octanol–water partition coefficient (Wildman–Crippen LogP) is 4.69. The Morgan fingerprint density at radius 2 is 1.85 bits per heavy atom. The zero-order valence-corrected chi connectivity index (χ0v) is 16.8. The van der Waals surface area contributed by atoms with Gasteiger partial charge in [0.15, 0.2) is 0 Å². The largest absolute Gasteiger partial charge is 0.396 e. The lowest BCUT2D eigenvalue weighted by molar-refractivity contribution is 0.0951. The highest BCUT2D eigenvalue weighted by atomic mass is 35.5. The third kappa shape index (κ3) is 4.63. The highest BCUT2D eigenvalue weighted by molar-refractivity contribution is 6.39. The van der Waals surface area contributed by atoms with E-state index < -0.39 is 0 Å². The van der Waals surface area contributed by atoms with E-state index in [1.54, 1.807) is 0 Å². The summed E-state index contributed by atoms with van der Waals surface area (Å²) >= 11 is 12.0. The van der Waals surface area contributed by atoms with Gasteiger partial charge in [-0.3, -0.25) is 9.69 Å². The van der Waals surface area contributed by atoms with Crippen molar-refractivity contribution in [1.82, 2.24) is 10.2 Å². The van der Waals surface area contributed by atoms with Crippen molar-refractivity contribution >= 4 is 47.2 Å². The number of amides is 1. The maximum atomic E-state index is 12.3.